The smallest absolute Gasteiger partial charge is 0.309 e. The molecule has 3 rings (SSSR count). The van der Waals surface area contributed by atoms with Gasteiger partial charge in [-0.15, -0.1) is 0 Å². The molecule has 0 atom stereocenters. The van der Waals surface area contributed by atoms with Gasteiger partial charge in [0, 0.05) is 6.20 Å². The fourth-order valence-corrected chi connectivity index (χ4v) is 3.66. The fraction of sp³-hybridized carbons (Fsp3) is 0.571. The van der Waals surface area contributed by atoms with E-state index in [1.807, 2.05) is 18.2 Å². The van der Waals surface area contributed by atoms with Crippen LogP contribution in [-0.2, 0) is 4.79 Å². The summed E-state index contributed by atoms with van der Waals surface area (Å²) in [6.45, 7) is 0.702. The number of hydrogen-bond acceptors (Lipinski definition) is 4. The standard InChI is InChI=1S/C21H29N3O3/c25-20(26)21(12-7-13-21)11-5-3-1-2-4-6-15-27-17-8-9-18(22-16-17)19-10-14-23-24-19/h8-10,14,16H,1-7,11-13,15H2,(H,23,24)(H,25,26). The molecular weight excluding hydrogens is 342 g/mol. The highest BCUT2D eigenvalue weighted by atomic mass is 16.5. The van der Waals surface area contributed by atoms with Crippen molar-refractivity contribution in [3.8, 4) is 17.1 Å². The number of nitrogens with zero attached hydrogens (tertiary/aromatic N) is 2. The predicted molar refractivity (Wildman–Crippen MR) is 104 cm³/mol. The first-order valence-corrected chi connectivity index (χ1v) is 10.0. The van der Waals surface area contributed by atoms with Crippen molar-refractivity contribution >= 4 is 5.97 Å². The summed E-state index contributed by atoms with van der Waals surface area (Å²) in [6.07, 6.45) is 13.8. The van der Waals surface area contributed by atoms with Crippen molar-refractivity contribution in [1.82, 2.24) is 15.2 Å². The van der Waals surface area contributed by atoms with Crippen LogP contribution in [0.1, 0.15) is 64.2 Å². The van der Waals surface area contributed by atoms with Gasteiger partial charge in [-0.2, -0.15) is 5.10 Å². The number of rotatable bonds is 12. The van der Waals surface area contributed by atoms with Crippen molar-refractivity contribution < 1.29 is 14.6 Å². The first kappa shape index (κ1) is 19.4. The second kappa shape index (κ2) is 9.53. The lowest BCUT2D eigenvalue weighted by Crippen LogP contribution is -2.37. The van der Waals surface area contributed by atoms with Crippen molar-refractivity contribution in [2.75, 3.05) is 6.61 Å². The van der Waals surface area contributed by atoms with E-state index in [1.165, 1.54) is 12.8 Å². The zero-order valence-corrected chi connectivity index (χ0v) is 15.8. The minimum absolute atomic E-state index is 0.380. The third-order valence-corrected chi connectivity index (χ3v) is 5.60. The Morgan fingerprint density at radius 1 is 1.11 bits per heavy atom. The normalized spacial score (nSPS) is 15.3. The van der Waals surface area contributed by atoms with Gasteiger partial charge in [-0.05, 0) is 43.9 Å². The van der Waals surface area contributed by atoms with Crippen LogP contribution in [0, 0.1) is 5.41 Å². The van der Waals surface area contributed by atoms with E-state index in [0.717, 1.165) is 68.5 Å². The summed E-state index contributed by atoms with van der Waals surface area (Å²) in [5, 5.41) is 16.1. The van der Waals surface area contributed by atoms with Crippen molar-refractivity contribution in [1.29, 1.82) is 0 Å². The van der Waals surface area contributed by atoms with E-state index in [-0.39, 0.29) is 5.41 Å². The molecule has 0 amide bonds. The second-order valence-corrected chi connectivity index (χ2v) is 7.51. The summed E-state index contributed by atoms with van der Waals surface area (Å²) in [6, 6.07) is 5.74. The zero-order chi connectivity index (χ0) is 19.0. The summed E-state index contributed by atoms with van der Waals surface area (Å²) in [5.41, 5.74) is 1.37. The number of carboxylic acid groups (broad SMARTS) is 1. The van der Waals surface area contributed by atoms with Crippen LogP contribution in [0.2, 0.25) is 0 Å². The summed E-state index contributed by atoms with van der Waals surface area (Å²) in [5.74, 6) is 0.204. The van der Waals surface area contributed by atoms with E-state index >= 15 is 0 Å². The number of ether oxygens (including phenoxy) is 1. The Kier molecular flexibility index (Phi) is 6.85. The number of H-pyrrole nitrogens is 1. The molecule has 2 aromatic heterocycles. The average molecular weight is 371 g/mol. The Balaban J connectivity index is 1.21. The maximum absolute atomic E-state index is 11.3. The average Bonchev–Trinajstić information content (AvgIpc) is 3.17. The highest BCUT2D eigenvalue weighted by Gasteiger charge is 2.43. The fourth-order valence-electron chi connectivity index (χ4n) is 3.66. The molecule has 0 aliphatic heterocycles. The number of carboxylic acids is 1. The number of pyridine rings is 1. The van der Waals surface area contributed by atoms with E-state index in [0.29, 0.717) is 6.61 Å². The molecule has 0 radical (unpaired) electrons. The minimum atomic E-state index is -0.585. The Hall–Kier alpha value is -2.37. The molecule has 1 aliphatic carbocycles. The maximum atomic E-state index is 11.3. The number of nitrogens with one attached hydrogen (secondary N) is 1. The van der Waals surface area contributed by atoms with Crippen LogP contribution in [0.5, 0.6) is 5.75 Å². The SMILES string of the molecule is O=C(O)C1(CCCCCCCCOc2ccc(-c3ccn[nH]3)nc2)CCC1. The van der Waals surface area contributed by atoms with Gasteiger partial charge in [0.05, 0.1) is 29.6 Å². The van der Waals surface area contributed by atoms with Gasteiger partial charge in [-0.3, -0.25) is 14.9 Å². The molecule has 6 nitrogen and oxygen atoms in total. The van der Waals surface area contributed by atoms with Gasteiger partial charge in [0.1, 0.15) is 5.75 Å². The molecule has 0 spiro atoms. The number of carbonyl (C=O) groups is 1. The summed E-state index contributed by atoms with van der Waals surface area (Å²) in [7, 11) is 0. The predicted octanol–water partition coefficient (Wildman–Crippen LogP) is 4.84. The summed E-state index contributed by atoms with van der Waals surface area (Å²) >= 11 is 0. The number of aromatic amines is 1. The van der Waals surface area contributed by atoms with E-state index in [1.54, 1.807) is 12.4 Å². The number of aliphatic carboxylic acids is 1. The van der Waals surface area contributed by atoms with Crippen LogP contribution >= 0.6 is 0 Å². The van der Waals surface area contributed by atoms with Crippen molar-refractivity contribution in [2.24, 2.45) is 5.41 Å². The van der Waals surface area contributed by atoms with Crippen molar-refractivity contribution in [3.05, 3.63) is 30.6 Å². The molecule has 27 heavy (non-hydrogen) atoms. The molecule has 0 bridgehead atoms. The first-order valence-electron chi connectivity index (χ1n) is 10.0. The first-order chi connectivity index (χ1) is 13.2. The van der Waals surface area contributed by atoms with Crippen LogP contribution < -0.4 is 4.74 Å². The molecule has 0 aromatic carbocycles. The van der Waals surface area contributed by atoms with E-state index in [4.69, 9.17) is 4.74 Å². The van der Waals surface area contributed by atoms with E-state index in [9.17, 15) is 9.90 Å². The molecule has 146 valence electrons. The number of hydrogen-bond donors (Lipinski definition) is 2. The molecule has 1 aliphatic rings. The molecule has 0 saturated heterocycles. The highest BCUT2D eigenvalue weighted by molar-refractivity contribution is 5.75. The Bertz CT molecular complexity index is 694. The van der Waals surface area contributed by atoms with Crippen LogP contribution in [0.3, 0.4) is 0 Å². The van der Waals surface area contributed by atoms with Gasteiger partial charge in [-0.25, -0.2) is 0 Å². The molecule has 6 heteroatoms. The van der Waals surface area contributed by atoms with Crippen molar-refractivity contribution in [3.63, 3.8) is 0 Å². The molecule has 1 fully saturated rings. The van der Waals surface area contributed by atoms with Crippen LogP contribution in [0.4, 0.5) is 0 Å². The molecule has 2 N–H and O–H groups in total. The largest absolute Gasteiger partial charge is 0.492 e. The quantitative estimate of drug-likeness (QED) is 0.521. The Labute approximate surface area is 160 Å². The van der Waals surface area contributed by atoms with Gasteiger partial charge in [-0.1, -0.05) is 38.5 Å². The summed E-state index contributed by atoms with van der Waals surface area (Å²) < 4.78 is 5.75. The minimum Gasteiger partial charge on any atom is -0.492 e. The van der Waals surface area contributed by atoms with Crippen LogP contribution in [-0.4, -0.2) is 32.9 Å². The number of unbranched alkanes of at least 4 members (excludes halogenated alkanes) is 5. The molecular formula is C21H29N3O3. The third kappa shape index (κ3) is 5.31. The van der Waals surface area contributed by atoms with Gasteiger partial charge in [0.25, 0.3) is 0 Å². The van der Waals surface area contributed by atoms with Crippen LogP contribution in [0.25, 0.3) is 11.4 Å². The maximum Gasteiger partial charge on any atom is 0.309 e. The Morgan fingerprint density at radius 3 is 2.48 bits per heavy atom. The zero-order valence-electron chi connectivity index (χ0n) is 15.8. The third-order valence-electron chi connectivity index (χ3n) is 5.60. The molecule has 0 unspecified atom stereocenters. The second-order valence-electron chi connectivity index (χ2n) is 7.51. The van der Waals surface area contributed by atoms with Crippen LogP contribution in [0.15, 0.2) is 30.6 Å². The van der Waals surface area contributed by atoms with Gasteiger partial charge >= 0.3 is 5.97 Å². The Morgan fingerprint density at radius 2 is 1.89 bits per heavy atom. The lowest BCUT2D eigenvalue weighted by atomic mass is 9.66. The van der Waals surface area contributed by atoms with Gasteiger partial charge in [0.15, 0.2) is 0 Å². The molecule has 2 aromatic rings. The monoisotopic (exact) mass is 371 g/mol. The van der Waals surface area contributed by atoms with Gasteiger partial charge in [0.2, 0.25) is 0 Å². The molecule has 2 heterocycles. The highest BCUT2D eigenvalue weighted by Crippen LogP contribution is 2.45. The lowest BCUT2D eigenvalue weighted by Gasteiger charge is -2.37. The van der Waals surface area contributed by atoms with Crippen molar-refractivity contribution in [2.45, 2.75) is 64.2 Å². The topological polar surface area (TPSA) is 88.1 Å². The van der Waals surface area contributed by atoms with Gasteiger partial charge < -0.3 is 9.84 Å². The summed E-state index contributed by atoms with van der Waals surface area (Å²) in [4.78, 5) is 15.7. The number of aromatic nitrogens is 3. The van der Waals surface area contributed by atoms with E-state index < -0.39 is 5.97 Å². The van der Waals surface area contributed by atoms with E-state index in [2.05, 4.69) is 15.2 Å². The molecule has 1 saturated carbocycles. The lowest BCUT2D eigenvalue weighted by molar-refractivity contribution is -0.155.